The van der Waals surface area contributed by atoms with Crippen LogP contribution in [0.3, 0.4) is 0 Å². The number of hydrogen-bond donors (Lipinski definition) is 0. The van der Waals surface area contributed by atoms with E-state index in [0.717, 1.165) is 4.90 Å². The lowest BCUT2D eigenvalue weighted by Crippen LogP contribution is -2.42. The summed E-state index contributed by atoms with van der Waals surface area (Å²) in [6.45, 7) is 3.21. The zero-order valence-electron chi connectivity index (χ0n) is 13.0. The summed E-state index contributed by atoms with van der Waals surface area (Å²) < 4.78 is 4.83. The first kappa shape index (κ1) is 17.7. The van der Waals surface area contributed by atoms with Crippen LogP contribution in [0.2, 0.25) is 0 Å². The molecule has 0 bridgehead atoms. The van der Waals surface area contributed by atoms with Crippen molar-refractivity contribution in [3.8, 4) is 0 Å². The van der Waals surface area contributed by atoms with Crippen molar-refractivity contribution in [1.82, 2.24) is 4.90 Å². The number of aromatic carboxylic acids is 1. The Morgan fingerprint density at radius 3 is 2.46 bits per heavy atom. The van der Waals surface area contributed by atoms with E-state index < -0.39 is 29.1 Å². The van der Waals surface area contributed by atoms with Gasteiger partial charge in [0.15, 0.2) is 0 Å². The molecule has 24 heavy (non-hydrogen) atoms. The Morgan fingerprint density at radius 2 is 1.92 bits per heavy atom. The quantitative estimate of drug-likeness (QED) is 0.578. The van der Waals surface area contributed by atoms with Crippen LogP contribution in [-0.2, 0) is 14.3 Å². The second-order valence-electron chi connectivity index (χ2n) is 4.89. The number of carbonyl (C=O) groups excluding carboxylic acids is 4. The predicted octanol–water partition coefficient (Wildman–Crippen LogP) is 1.04. The first-order chi connectivity index (χ1) is 11.3. The van der Waals surface area contributed by atoms with Crippen molar-refractivity contribution in [2.24, 2.45) is 0 Å². The molecule has 1 atom stereocenters. The molecule has 1 fully saturated rings. The Labute approximate surface area is 142 Å². The van der Waals surface area contributed by atoms with Crippen LogP contribution < -0.4 is 5.11 Å². The van der Waals surface area contributed by atoms with Gasteiger partial charge >= 0.3 is 5.97 Å². The van der Waals surface area contributed by atoms with Crippen molar-refractivity contribution in [3.05, 3.63) is 40.3 Å². The van der Waals surface area contributed by atoms with Crippen molar-refractivity contribution in [3.63, 3.8) is 0 Å². The maximum Gasteiger partial charge on any atom is 0.329 e. The van der Waals surface area contributed by atoms with E-state index in [1.54, 1.807) is 6.92 Å². The number of amides is 2. The topological polar surface area (TPSA) is 104 Å². The molecule has 2 amide bonds. The number of imide groups is 1. The molecule has 0 radical (unpaired) electrons. The summed E-state index contributed by atoms with van der Waals surface area (Å²) in [5, 5.41) is 10.1. The number of thioether (sulfide) groups is 1. The Kier molecular flexibility index (Phi) is 5.40. The lowest BCUT2D eigenvalue weighted by molar-refractivity contribution is -0.255. The van der Waals surface area contributed by atoms with Gasteiger partial charge in [0.2, 0.25) is 0 Å². The summed E-state index contributed by atoms with van der Waals surface area (Å²) in [4.78, 5) is 47.8. The van der Waals surface area contributed by atoms with E-state index in [1.807, 2.05) is 0 Å². The van der Waals surface area contributed by atoms with Crippen LogP contribution in [0.1, 0.15) is 29.8 Å². The number of rotatable bonds is 5. The minimum Gasteiger partial charge on any atom is -0.545 e. The number of carbonyl (C=O) groups is 4. The van der Waals surface area contributed by atoms with Crippen LogP contribution >= 0.6 is 11.8 Å². The molecule has 7 nitrogen and oxygen atoms in total. The second-order valence-corrected chi connectivity index (χ2v) is 5.88. The van der Waals surface area contributed by atoms with E-state index in [-0.39, 0.29) is 17.1 Å². The molecule has 0 spiro atoms. The molecular formula is C16H14NO6S-. The van der Waals surface area contributed by atoms with Gasteiger partial charge in [-0.1, -0.05) is 24.3 Å². The minimum atomic E-state index is -1.30. The molecule has 1 aliphatic heterocycles. The van der Waals surface area contributed by atoms with Gasteiger partial charge in [0.1, 0.15) is 6.04 Å². The number of nitrogens with zero attached hydrogens (tertiary/aromatic N) is 1. The average Bonchev–Trinajstić information content (AvgIpc) is 2.81. The van der Waals surface area contributed by atoms with Crippen molar-refractivity contribution in [2.45, 2.75) is 19.9 Å². The minimum absolute atomic E-state index is 0.0104. The summed E-state index contributed by atoms with van der Waals surface area (Å²) in [6.07, 6.45) is 1.46. The van der Waals surface area contributed by atoms with E-state index in [2.05, 4.69) is 0 Å². The Morgan fingerprint density at radius 1 is 1.29 bits per heavy atom. The van der Waals surface area contributed by atoms with Gasteiger partial charge in [-0.3, -0.25) is 14.5 Å². The summed E-state index contributed by atoms with van der Waals surface area (Å²) >= 11 is 0.713. The fourth-order valence-electron chi connectivity index (χ4n) is 2.05. The molecule has 1 aromatic carbocycles. The SMILES string of the molecule is CCOC(=O)[C@@H](C)N1C(=O)S/C(=C\c2ccc(C(=O)[O-])cc2)C1=O. The number of hydrogen-bond acceptors (Lipinski definition) is 7. The van der Waals surface area contributed by atoms with Gasteiger partial charge in [-0.25, -0.2) is 4.79 Å². The summed E-state index contributed by atoms with van der Waals surface area (Å²) in [7, 11) is 0. The molecule has 126 valence electrons. The molecule has 1 aliphatic rings. The molecular weight excluding hydrogens is 334 g/mol. The predicted molar refractivity (Wildman–Crippen MR) is 84.7 cm³/mol. The molecule has 0 aromatic heterocycles. The van der Waals surface area contributed by atoms with E-state index >= 15 is 0 Å². The van der Waals surface area contributed by atoms with E-state index in [1.165, 1.54) is 37.3 Å². The van der Waals surface area contributed by atoms with Crippen molar-refractivity contribution >= 4 is 40.9 Å². The number of carboxylic acid groups (broad SMARTS) is 1. The Bertz CT molecular complexity index is 725. The van der Waals surface area contributed by atoms with Gasteiger partial charge in [-0.15, -0.1) is 0 Å². The highest BCUT2D eigenvalue weighted by molar-refractivity contribution is 8.18. The zero-order chi connectivity index (χ0) is 17.9. The monoisotopic (exact) mass is 348 g/mol. The van der Waals surface area contributed by atoms with E-state index in [0.29, 0.717) is 17.3 Å². The largest absolute Gasteiger partial charge is 0.545 e. The van der Waals surface area contributed by atoms with Gasteiger partial charge in [0.25, 0.3) is 11.1 Å². The smallest absolute Gasteiger partial charge is 0.329 e. The van der Waals surface area contributed by atoms with Crippen LogP contribution in [0, 0.1) is 0 Å². The molecule has 1 heterocycles. The number of ether oxygens (including phenoxy) is 1. The van der Waals surface area contributed by atoms with E-state index in [9.17, 15) is 24.3 Å². The lowest BCUT2D eigenvalue weighted by atomic mass is 10.1. The van der Waals surface area contributed by atoms with Crippen molar-refractivity contribution in [1.29, 1.82) is 0 Å². The third-order valence-electron chi connectivity index (χ3n) is 3.28. The van der Waals surface area contributed by atoms with Gasteiger partial charge in [0.05, 0.1) is 17.5 Å². The van der Waals surface area contributed by atoms with Crippen LogP contribution in [0.15, 0.2) is 29.2 Å². The third kappa shape index (κ3) is 3.65. The zero-order valence-corrected chi connectivity index (χ0v) is 13.8. The highest BCUT2D eigenvalue weighted by atomic mass is 32.2. The molecule has 1 aromatic rings. The summed E-state index contributed by atoms with van der Waals surface area (Å²) in [6, 6.07) is 4.66. The van der Waals surface area contributed by atoms with Crippen LogP contribution in [0.25, 0.3) is 6.08 Å². The van der Waals surface area contributed by atoms with Crippen LogP contribution in [-0.4, -0.2) is 40.6 Å². The first-order valence-corrected chi connectivity index (χ1v) is 7.92. The van der Waals surface area contributed by atoms with Gasteiger partial charge < -0.3 is 14.6 Å². The van der Waals surface area contributed by atoms with Crippen molar-refractivity contribution in [2.75, 3.05) is 6.61 Å². The molecule has 0 unspecified atom stereocenters. The van der Waals surface area contributed by atoms with Crippen molar-refractivity contribution < 1.29 is 29.0 Å². The summed E-state index contributed by atoms with van der Waals surface area (Å²) in [5.74, 6) is -2.54. The molecule has 1 saturated heterocycles. The fraction of sp³-hybridized carbons (Fsp3) is 0.250. The van der Waals surface area contributed by atoms with Gasteiger partial charge in [-0.05, 0) is 42.8 Å². The maximum absolute atomic E-state index is 12.3. The normalized spacial score (nSPS) is 17.2. The first-order valence-electron chi connectivity index (χ1n) is 7.10. The van der Waals surface area contributed by atoms with Gasteiger partial charge in [-0.2, -0.15) is 0 Å². The lowest BCUT2D eigenvalue weighted by Gasteiger charge is -2.19. The molecule has 8 heteroatoms. The maximum atomic E-state index is 12.3. The molecule has 0 aliphatic carbocycles. The molecule has 0 N–H and O–H groups in total. The Balaban J connectivity index is 2.21. The second kappa shape index (κ2) is 7.31. The number of benzene rings is 1. The molecule has 0 saturated carbocycles. The average molecular weight is 348 g/mol. The molecule has 2 rings (SSSR count). The highest BCUT2D eigenvalue weighted by Gasteiger charge is 2.41. The van der Waals surface area contributed by atoms with Crippen LogP contribution in [0.4, 0.5) is 4.79 Å². The summed E-state index contributed by atoms with van der Waals surface area (Å²) in [5.41, 5.74) is 0.561. The van der Waals surface area contributed by atoms with Crippen LogP contribution in [0.5, 0.6) is 0 Å². The van der Waals surface area contributed by atoms with E-state index in [4.69, 9.17) is 4.74 Å². The third-order valence-corrected chi connectivity index (χ3v) is 4.17. The number of carboxylic acids is 1. The standard InChI is InChI=1S/C16H15NO6S/c1-3-23-15(21)9(2)17-13(18)12(24-16(17)22)8-10-4-6-11(7-5-10)14(19)20/h4-9H,3H2,1-2H3,(H,19,20)/p-1/b12-8-/t9-/m1/s1. The van der Waals surface area contributed by atoms with Gasteiger partial charge in [0, 0.05) is 0 Å². The highest BCUT2D eigenvalue weighted by Crippen LogP contribution is 2.33. The Hall–Kier alpha value is -2.61. The fourth-order valence-corrected chi connectivity index (χ4v) is 2.96. The number of esters is 1.